The van der Waals surface area contributed by atoms with Crippen LogP contribution in [0.1, 0.15) is 5.56 Å². The van der Waals surface area contributed by atoms with Crippen LogP contribution in [0.25, 0.3) is 10.4 Å². The van der Waals surface area contributed by atoms with E-state index in [1.54, 1.807) is 24.3 Å². The summed E-state index contributed by atoms with van der Waals surface area (Å²) in [5, 5.41) is 0. The molecule has 0 aliphatic rings. The van der Waals surface area contributed by atoms with Crippen molar-refractivity contribution in [1.29, 1.82) is 0 Å². The van der Waals surface area contributed by atoms with Crippen molar-refractivity contribution in [2.45, 2.75) is 5.75 Å². The van der Waals surface area contributed by atoms with Gasteiger partial charge in [0.25, 0.3) is 0 Å². The standard InChI is InChI=1S/C7H6BrN3O2S/c8-7-4-2-1-3-6(7)5-14(12,13)11-10-9/h1-4H,5H2. The number of azide groups is 1. The first-order valence-corrected chi connectivity index (χ1v) is 5.98. The number of nitrogens with zero attached hydrogens (tertiary/aromatic N) is 3. The summed E-state index contributed by atoms with van der Waals surface area (Å²) in [6.07, 6.45) is 0. The van der Waals surface area contributed by atoms with Crippen LogP contribution in [0.2, 0.25) is 0 Å². The molecule has 0 bridgehead atoms. The number of hydrogen-bond acceptors (Lipinski definition) is 2. The van der Waals surface area contributed by atoms with E-state index in [1.807, 2.05) is 0 Å². The topological polar surface area (TPSA) is 82.9 Å². The second-order valence-electron chi connectivity index (χ2n) is 2.49. The summed E-state index contributed by atoms with van der Waals surface area (Å²) in [6, 6.07) is 6.86. The lowest BCUT2D eigenvalue weighted by Gasteiger charge is -2.00. The van der Waals surface area contributed by atoms with Crippen LogP contribution in [0.5, 0.6) is 0 Å². The van der Waals surface area contributed by atoms with Crippen molar-refractivity contribution in [2.24, 2.45) is 4.52 Å². The van der Waals surface area contributed by atoms with E-state index >= 15 is 0 Å². The van der Waals surface area contributed by atoms with E-state index in [0.717, 1.165) is 0 Å². The zero-order chi connectivity index (χ0) is 10.6. The maximum atomic E-state index is 11.1. The van der Waals surface area contributed by atoms with E-state index in [4.69, 9.17) is 5.53 Å². The van der Waals surface area contributed by atoms with Crippen molar-refractivity contribution in [2.75, 3.05) is 0 Å². The molecule has 0 fully saturated rings. The first kappa shape index (κ1) is 11.0. The van der Waals surface area contributed by atoms with Crippen LogP contribution in [0, 0.1) is 0 Å². The normalized spacial score (nSPS) is 10.6. The van der Waals surface area contributed by atoms with Gasteiger partial charge in [-0.05, 0) is 17.2 Å². The van der Waals surface area contributed by atoms with Gasteiger partial charge < -0.3 is 0 Å². The van der Waals surface area contributed by atoms with Gasteiger partial charge in [0.15, 0.2) is 0 Å². The maximum absolute atomic E-state index is 11.1. The Morgan fingerprint density at radius 1 is 1.43 bits per heavy atom. The smallest absolute Gasteiger partial charge is 0.221 e. The second-order valence-corrected chi connectivity index (χ2v) is 4.96. The van der Waals surface area contributed by atoms with Crippen LogP contribution in [0.3, 0.4) is 0 Å². The van der Waals surface area contributed by atoms with Gasteiger partial charge in [-0.3, -0.25) is 0 Å². The predicted octanol–water partition coefficient (Wildman–Crippen LogP) is 2.59. The summed E-state index contributed by atoms with van der Waals surface area (Å²) >= 11 is 3.20. The van der Waals surface area contributed by atoms with E-state index in [2.05, 4.69) is 25.4 Å². The van der Waals surface area contributed by atoms with Crippen molar-refractivity contribution >= 4 is 26.0 Å². The van der Waals surface area contributed by atoms with Crippen molar-refractivity contribution in [1.82, 2.24) is 0 Å². The molecule has 0 aromatic heterocycles. The van der Waals surface area contributed by atoms with Gasteiger partial charge in [0.05, 0.1) is 5.75 Å². The molecule has 0 aliphatic heterocycles. The number of hydrogen-bond donors (Lipinski definition) is 0. The monoisotopic (exact) mass is 275 g/mol. The van der Waals surface area contributed by atoms with E-state index < -0.39 is 10.0 Å². The quantitative estimate of drug-likeness (QED) is 0.483. The molecule has 0 unspecified atom stereocenters. The third-order valence-electron chi connectivity index (χ3n) is 1.46. The zero-order valence-corrected chi connectivity index (χ0v) is 9.36. The highest BCUT2D eigenvalue weighted by Crippen LogP contribution is 2.18. The van der Waals surface area contributed by atoms with Crippen molar-refractivity contribution in [3.63, 3.8) is 0 Å². The fourth-order valence-electron chi connectivity index (χ4n) is 0.896. The average Bonchev–Trinajstić information content (AvgIpc) is 2.08. The Bertz CT molecular complexity index is 479. The summed E-state index contributed by atoms with van der Waals surface area (Å²) in [7, 11) is -3.73. The highest BCUT2D eigenvalue weighted by atomic mass is 79.9. The lowest BCUT2D eigenvalue weighted by atomic mass is 10.2. The molecule has 14 heavy (non-hydrogen) atoms. The molecule has 1 aromatic rings. The van der Waals surface area contributed by atoms with Gasteiger partial charge in [0.1, 0.15) is 0 Å². The molecule has 1 aromatic carbocycles. The molecular formula is C7H6BrN3O2S. The Balaban J connectivity index is 3.01. The zero-order valence-electron chi connectivity index (χ0n) is 6.96. The van der Waals surface area contributed by atoms with Gasteiger partial charge in [-0.2, -0.15) is 0 Å². The minimum absolute atomic E-state index is 0.293. The van der Waals surface area contributed by atoms with E-state index in [9.17, 15) is 8.42 Å². The molecule has 0 radical (unpaired) electrons. The summed E-state index contributed by atoms with van der Waals surface area (Å²) < 4.78 is 25.6. The third-order valence-corrected chi connectivity index (χ3v) is 3.23. The average molecular weight is 276 g/mol. The van der Waals surface area contributed by atoms with E-state index in [0.29, 0.717) is 10.0 Å². The molecule has 0 atom stereocenters. The number of benzene rings is 1. The maximum Gasteiger partial charge on any atom is 0.239 e. The molecule has 0 aliphatic carbocycles. The Morgan fingerprint density at radius 2 is 2.07 bits per heavy atom. The Hall–Kier alpha value is -1.04. The van der Waals surface area contributed by atoms with Crippen molar-refractivity contribution < 1.29 is 8.42 Å². The van der Waals surface area contributed by atoms with Crippen molar-refractivity contribution in [3.05, 3.63) is 44.7 Å². The number of sulfonamides is 1. The fraction of sp³-hybridized carbons (Fsp3) is 0.143. The summed E-state index contributed by atoms with van der Waals surface area (Å²) in [5.74, 6) is -0.293. The number of rotatable bonds is 3. The van der Waals surface area contributed by atoms with Gasteiger partial charge in [-0.1, -0.05) is 34.1 Å². The molecule has 7 heteroatoms. The third kappa shape index (κ3) is 3.02. The molecule has 0 heterocycles. The minimum Gasteiger partial charge on any atom is -0.221 e. The Morgan fingerprint density at radius 3 is 2.64 bits per heavy atom. The van der Waals surface area contributed by atoms with Crippen LogP contribution < -0.4 is 0 Å². The molecule has 0 spiro atoms. The molecular weight excluding hydrogens is 270 g/mol. The largest absolute Gasteiger partial charge is 0.239 e. The number of halogens is 1. The minimum atomic E-state index is -3.73. The lowest BCUT2D eigenvalue weighted by Crippen LogP contribution is -1.99. The molecule has 0 N–H and O–H groups in total. The van der Waals surface area contributed by atoms with Crippen LogP contribution in [0.15, 0.2) is 33.3 Å². The molecule has 5 nitrogen and oxygen atoms in total. The van der Waals surface area contributed by atoms with Gasteiger partial charge in [0, 0.05) is 13.9 Å². The summed E-state index contributed by atoms with van der Waals surface area (Å²) in [5.41, 5.74) is 8.59. The Labute approximate surface area is 89.6 Å². The van der Waals surface area contributed by atoms with Crippen LogP contribution in [-0.4, -0.2) is 8.42 Å². The first-order chi connectivity index (χ1) is 6.55. The first-order valence-electron chi connectivity index (χ1n) is 3.57. The molecule has 0 saturated carbocycles. The van der Waals surface area contributed by atoms with Crippen LogP contribution in [-0.2, 0) is 15.8 Å². The molecule has 74 valence electrons. The summed E-state index contributed by atoms with van der Waals surface area (Å²) in [4.78, 5) is 2.25. The van der Waals surface area contributed by atoms with Crippen molar-refractivity contribution in [3.8, 4) is 0 Å². The highest BCUT2D eigenvalue weighted by Gasteiger charge is 2.10. The van der Waals surface area contributed by atoms with Crippen LogP contribution >= 0.6 is 15.9 Å². The summed E-state index contributed by atoms with van der Waals surface area (Å²) in [6.45, 7) is 0. The lowest BCUT2D eigenvalue weighted by molar-refractivity contribution is 0.596. The second kappa shape index (κ2) is 4.45. The van der Waals surface area contributed by atoms with E-state index in [-0.39, 0.29) is 5.75 Å². The van der Waals surface area contributed by atoms with Gasteiger partial charge in [-0.15, -0.1) is 0 Å². The van der Waals surface area contributed by atoms with Gasteiger partial charge >= 0.3 is 0 Å². The molecule has 1 rings (SSSR count). The molecule has 0 saturated heterocycles. The SMILES string of the molecule is [N-]=[N+]=NS(=O)(=O)Cc1ccccc1Br. The van der Waals surface area contributed by atoms with E-state index in [1.165, 1.54) is 0 Å². The Kier molecular flexibility index (Phi) is 3.51. The molecule has 0 amide bonds. The fourth-order valence-corrected chi connectivity index (χ4v) is 2.32. The van der Waals surface area contributed by atoms with Gasteiger partial charge in [-0.25, -0.2) is 8.42 Å². The van der Waals surface area contributed by atoms with Crippen LogP contribution in [0.4, 0.5) is 0 Å². The predicted molar refractivity (Wildman–Crippen MR) is 55.9 cm³/mol. The van der Waals surface area contributed by atoms with Gasteiger partial charge in [0.2, 0.25) is 10.0 Å². The highest BCUT2D eigenvalue weighted by molar-refractivity contribution is 9.10.